The molecule has 0 N–H and O–H groups in total. The molecule has 0 aliphatic heterocycles. The highest BCUT2D eigenvalue weighted by Gasteiger charge is 2.43. The van der Waals surface area contributed by atoms with Crippen molar-refractivity contribution in [1.29, 1.82) is 0 Å². The molecule has 0 saturated heterocycles. The van der Waals surface area contributed by atoms with Crippen LogP contribution in [-0.4, -0.2) is 5.78 Å². The van der Waals surface area contributed by atoms with E-state index in [2.05, 4.69) is 53.7 Å². The highest BCUT2D eigenvalue weighted by molar-refractivity contribution is 5.96. The SMILES string of the molecule is CCC1(C)c2cc(C)c(C(C)=O)cc2C(C)(C)CC1C. The fourth-order valence-corrected chi connectivity index (χ4v) is 4.02. The van der Waals surface area contributed by atoms with Gasteiger partial charge >= 0.3 is 0 Å². The van der Waals surface area contributed by atoms with E-state index >= 15 is 0 Å². The Bertz CT molecular complexity index is 553. The van der Waals surface area contributed by atoms with Gasteiger partial charge in [-0.2, -0.15) is 0 Å². The molecule has 1 nitrogen and oxygen atoms in total. The van der Waals surface area contributed by atoms with Crippen LogP contribution in [0.2, 0.25) is 0 Å². The van der Waals surface area contributed by atoms with Crippen LogP contribution in [0.3, 0.4) is 0 Å². The molecule has 0 amide bonds. The first kappa shape index (κ1) is 15.3. The Morgan fingerprint density at radius 2 is 1.85 bits per heavy atom. The summed E-state index contributed by atoms with van der Waals surface area (Å²) in [5.41, 5.74) is 5.25. The molecule has 2 unspecified atom stereocenters. The van der Waals surface area contributed by atoms with Crippen LogP contribution in [0.4, 0.5) is 0 Å². The number of aryl methyl sites for hydroxylation is 1. The van der Waals surface area contributed by atoms with Crippen molar-refractivity contribution in [3.63, 3.8) is 0 Å². The maximum absolute atomic E-state index is 11.9. The Morgan fingerprint density at radius 3 is 2.35 bits per heavy atom. The third-order valence-electron chi connectivity index (χ3n) is 5.73. The minimum atomic E-state index is 0.154. The zero-order chi connectivity index (χ0) is 15.3. The Labute approximate surface area is 123 Å². The smallest absolute Gasteiger partial charge is 0.160 e. The van der Waals surface area contributed by atoms with E-state index in [1.807, 2.05) is 0 Å². The topological polar surface area (TPSA) is 17.1 Å². The molecule has 1 aliphatic rings. The van der Waals surface area contributed by atoms with Gasteiger partial charge in [0, 0.05) is 5.56 Å². The Hall–Kier alpha value is -1.11. The van der Waals surface area contributed by atoms with Crippen LogP contribution in [0.25, 0.3) is 0 Å². The molecular formula is C19H28O. The standard InChI is InChI=1S/C19H28O/c1-8-19(7)13(3)11-18(5,6)16-10-15(14(4)20)12(2)9-17(16)19/h9-10,13H,8,11H2,1-7H3. The van der Waals surface area contributed by atoms with E-state index in [4.69, 9.17) is 0 Å². The number of fused-ring (bicyclic) bond motifs is 1. The van der Waals surface area contributed by atoms with Crippen molar-refractivity contribution in [1.82, 2.24) is 0 Å². The van der Waals surface area contributed by atoms with Crippen molar-refractivity contribution in [2.24, 2.45) is 5.92 Å². The average Bonchev–Trinajstić information content (AvgIpc) is 2.34. The van der Waals surface area contributed by atoms with Crippen LogP contribution < -0.4 is 0 Å². The number of carbonyl (C=O) groups excluding carboxylic acids is 1. The summed E-state index contributed by atoms with van der Waals surface area (Å²) >= 11 is 0. The zero-order valence-electron chi connectivity index (χ0n) is 14.1. The van der Waals surface area contributed by atoms with Crippen molar-refractivity contribution >= 4 is 5.78 Å². The molecule has 1 heteroatoms. The molecule has 0 spiro atoms. The van der Waals surface area contributed by atoms with Gasteiger partial charge < -0.3 is 0 Å². The van der Waals surface area contributed by atoms with Gasteiger partial charge in [0.15, 0.2) is 5.78 Å². The monoisotopic (exact) mass is 272 g/mol. The Kier molecular flexibility index (Phi) is 3.60. The molecule has 0 saturated carbocycles. The number of hydrogen-bond acceptors (Lipinski definition) is 1. The lowest BCUT2D eigenvalue weighted by molar-refractivity contribution is 0.101. The number of rotatable bonds is 2. The highest BCUT2D eigenvalue weighted by Crippen LogP contribution is 2.51. The van der Waals surface area contributed by atoms with Gasteiger partial charge in [-0.3, -0.25) is 4.79 Å². The number of Topliss-reactive ketones (excluding diaryl/α,β-unsaturated/α-hetero) is 1. The quantitative estimate of drug-likeness (QED) is 0.678. The van der Waals surface area contributed by atoms with E-state index in [1.54, 1.807) is 6.92 Å². The lowest BCUT2D eigenvalue weighted by Crippen LogP contribution is -2.42. The van der Waals surface area contributed by atoms with Crippen molar-refractivity contribution in [3.05, 3.63) is 34.4 Å². The first-order valence-electron chi connectivity index (χ1n) is 7.80. The summed E-state index contributed by atoms with van der Waals surface area (Å²) in [7, 11) is 0. The fourth-order valence-electron chi connectivity index (χ4n) is 4.02. The van der Waals surface area contributed by atoms with E-state index in [-0.39, 0.29) is 16.6 Å². The van der Waals surface area contributed by atoms with Crippen LogP contribution in [0.5, 0.6) is 0 Å². The van der Waals surface area contributed by atoms with Gasteiger partial charge in [0.05, 0.1) is 0 Å². The van der Waals surface area contributed by atoms with Gasteiger partial charge in [0.25, 0.3) is 0 Å². The van der Waals surface area contributed by atoms with Crippen LogP contribution in [0.1, 0.15) is 81.4 Å². The van der Waals surface area contributed by atoms with Gasteiger partial charge in [-0.15, -0.1) is 0 Å². The first-order valence-corrected chi connectivity index (χ1v) is 7.80. The lowest BCUT2D eigenvalue weighted by Gasteiger charge is -2.48. The maximum atomic E-state index is 11.9. The van der Waals surface area contributed by atoms with E-state index in [0.717, 1.165) is 17.5 Å². The number of carbonyl (C=O) groups is 1. The Morgan fingerprint density at radius 1 is 1.25 bits per heavy atom. The molecule has 0 fully saturated rings. The van der Waals surface area contributed by atoms with Crippen molar-refractivity contribution in [2.45, 2.75) is 72.1 Å². The van der Waals surface area contributed by atoms with Gasteiger partial charge in [-0.25, -0.2) is 0 Å². The molecule has 20 heavy (non-hydrogen) atoms. The summed E-state index contributed by atoms with van der Waals surface area (Å²) in [6.45, 7) is 15.4. The highest BCUT2D eigenvalue weighted by atomic mass is 16.1. The largest absolute Gasteiger partial charge is 0.295 e. The average molecular weight is 272 g/mol. The van der Waals surface area contributed by atoms with Gasteiger partial charge in [-0.05, 0) is 66.2 Å². The maximum Gasteiger partial charge on any atom is 0.160 e. The molecule has 2 rings (SSSR count). The summed E-state index contributed by atoms with van der Waals surface area (Å²) in [5, 5.41) is 0. The molecule has 1 aromatic carbocycles. The van der Waals surface area contributed by atoms with Gasteiger partial charge in [0.2, 0.25) is 0 Å². The van der Waals surface area contributed by atoms with Crippen LogP contribution in [0.15, 0.2) is 12.1 Å². The summed E-state index contributed by atoms with van der Waals surface area (Å²) < 4.78 is 0. The minimum absolute atomic E-state index is 0.154. The second-order valence-electron chi connectivity index (χ2n) is 7.53. The van der Waals surface area contributed by atoms with E-state index in [9.17, 15) is 4.79 Å². The number of benzene rings is 1. The fraction of sp³-hybridized carbons (Fsp3) is 0.632. The lowest BCUT2D eigenvalue weighted by atomic mass is 9.56. The molecule has 0 aromatic heterocycles. The minimum Gasteiger partial charge on any atom is -0.295 e. The molecule has 1 aromatic rings. The second-order valence-corrected chi connectivity index (χ2v) is 7.53. The molecule has 1 aliphatic carbocycles. The van der Waals surface area contributed by atoms with E-state index < -0.39 is 0 Å². The normalized spacial score (nSPS) is 28.1. The molecule has 0 bridgehead atoms. The molecule has 0 heterocycles. The number of ketones is 1. The predicted octanol–water partition coefficient (Wildman–Crippen LogP) is 5.18. The predicted molar refractivity (Wildman–Crippen MR) is 85.6 cm³/mol. The summed E-state index contributed by atoms with van der Waals surface area (Å²) in [6.07, 6.45) is 2.33. The molecule has 0 radical (unpaired) electrons. The van der Waals surface area contributed by atoms with Gasteiger partial charge in [-0.1, -0.05) is 40.7 Å². The van der Waals surface area contributed by atoms with Crippen LogP contribution in [0, 0.1) is 12.8 Å². The molecular weight excluding hydrogens is 244 g/mol. The molecule has 2 atom stereocenters. The summed E-state index contributed by atoms with van der Waals surface area (Å²) in [4.78, 5) is 11.9. The third-order valence-corrected chi connectivity index (χ3v) is 5.73. The van der Waals surface area contributed by atoms with Crippen molar-refractivity contribution in [3.8, 4) is 0 Å². The van der Waals surface area contributed by atoms with Crippen LogP contribution >= 0.6 is 0 Å². The van der Waals surface area contributed by atoms with Crippen LogP contribution in [-0.2, 0) is 10.8 Å². The third kappa shape index (κ3) is 2.12. The molecule has 110 valence electrons. The summed E-state index contributed by atoms with van der Waals surface area (Å²) in [5.74, 6) is 0.843. The zero-order valence-corrected chi connectivity index (χ0v) is 14.1. The van der Waals surface area contributed by atoms with Gasteiger partial charge in [0.1, 0.15) is 0 Å². The first-order chi connectivity index (χ1) is 9.13. The van der Waals surface area contributed by atoms with E-state index in [1.165, 1.54) is 17.5 Å². The summed E-state index contributed by atoms with van der Waals surface area (Å²) in [6, 6.07) is 4.46. The number of hydrogen-bond donors (Lipinski definition) is 0. The van der Waals surface area contributed by atoms with Crippen molar-refractivity contribution < 1.29 is 4.79 Å². The van der Waals surface area contributed by atoms with Crippen molar-refractivity contribution in [2.75, 3.05) is 0 Å². The second kappa shape index (κ2) is 4.72. The van der Waals surface area contributed by atoms with E-state index in [0.29, 0.717) is 5.92 Å². The Balaban J connectivity index is 2.77.